The van der Waals surface area contributed by atoms with E-state index in [1.54, 1.807) is 0 Å². The number of nitrogens with zero attached hydrogens (tertiary/aromatic N) is 3. The van der Waals surface area contributed by atoms with Crippen LogP contribution in [-0.4, -0.2) is 72.2 Å². The number of aliphatic hydroxyl groups excluding tert-OH is 1. The zero-order valence-corrected chi connectivity index (χ0v) is 19.9. The fourth-order valence-electron chi connectivity index (χ4n) is 3.85. The van der Waals surface area contributed by atoms with E-state index in [1.165, 1.54) is 0 Å². The largest absolute Gasteiger partial charge is 0.389 e. The number of benzene rings is 1. The van der Waals surface area contributed by atoms with Gasteiger partial charge in [-0.25, -0.2) is 0 Å². The summed E-state index contributed by atoms with van der Waals surface area (Å²) in [6.45, 7) is 11.6. The molecule has 1 N–H and O–H groups in total. The topological polar surface area (TPSA) is 62.0 Å². The first-order valence-corrected chi connectivity index (χ1v) is 12.6. The lowest BCUT2D eigenvalue weighted by molar-refractivity contribution is 0.00693. The Bertz CT molecular complexity index is 763. The summed E-state index contributed by atoms with van der Waals surface area (Å²) in [6.07, 6.45) is 0.501. The van der Waals surface area contributed by atoms with E-state index in [2.05, 4.69) is 47.9 Å². The molecule has 6 nitrogen and oxygen atoms in total. The van der Waals surface area contributed by atoms with Gasteiger partial charge in [0.15, 0.2) is 0 Å². The summed E-state index contributed by atoms with van der Waals surface area (Å²) in [5, 5.41) is 15.1. The van der Waals surface area contributed by atoms with Gasteiger partial charge in [-0.05, 0) is 18.9 Å². The van der Waals surface area contributed by atoms with E-state index >= 15 is 0 Å². The third kappa shape index (κ3) is 7.24. The van der Waals surface area contributed by atoms with E-state index in [-0.39, 0.29) is 0 Å². The van der Waals surface area contributed by atoms with Gasteiger partial charge in [0.2, 0.25) is 5.88 Å². The molecule has 0 unspecified atom stereocenters. The highest BCUT2D eigenvalue weighted by molar-refractivity contribution is 7.99. The SMILES string of the molecule is CCCN(Cc1c(-c2ccccc2)noc1N1CCSCC1)C[C@@H](O)COCC(C)C. The molecule has 0 aliphatic carbocycles. The average molecular weight is 448 g/mol. The summed E-state index contributed by atoms with van der Waals surface area (Å²) in [5.41, 5.74) is 3.08. The molecule has 1 saturated heterocycles. The Kier molecular flexibility index (Phi) is 9.71. The fourth-order valence-corrected chi connectivity index (χ4v) is 4.75. The Morgan fingerprint density at radius 3 is 2.61 bits per heavy atom. The third-order valence-corrected chi connectivity index (χ3v) is 6.21. The van der Waals surface area contributed by atoms with E-state index in [4.69, 9.17) is 9.26 Å². The quantitative estimate of drug-likeness (QED) is 0.525. The van der Waals surface area contributed by atoms with Crippen molar-refractivity contribution in [3.63, 3.8) is 0 Å². The molecule has 0 amide bonds. The van der Waals surface area contributed by atoms with Gasteiger partial charge in [0, 0.05) is 49.9 Å². The second-order valence-electron chi connectivity index (χ2n) is 8.60. The number of hydrogen-bond acceptors (Lipinski definition) is 7. The van der Waals surface area contributed by atoms with Crippen LogP contribution in [0.4, 0.5) is 5.88 Å². The predicted octanol–water partition coefficient (Wildman–Crippen LogP) is 4.14. The van der Waals surface area contributed by atoms with E-state index in [0.29, 0.717) is 32.2 Å². The molecule has 1 fully saturated rings. The van der Waals surface area contributed by atoms with E-state index in [1.807, 2.05) is 30.0 Å². The minimum absolute atomic E-state index is 0.365. The molecule has 0 spiro atoms. The van der Waals surface area contributed by atoms with Crippen molar-refractivity contribution in [3.8, 4) is 11.3 Å². The standard InChI is InChI=1S/C24H37N3O3S/c1-4-10-26(15-21(28)18-29-17-19(2)3)16-22-23(20-8-6-5-7-9-20)25-30-24(22)27-11-13-31-14-12-27/h5-9,19,21,28H,4,10-18H2,1-3H3/t21-/m1/s1. The Hall–Kier alpha value is -1.54. The monoisotopic (exact) mass is 447 g/mol. The fraction of sp³-hybridized carbons (Fsp3) is 0.625. The van der Waals surface area contributed by atoms with Crippen LogP contribution in [-0.2, 0) is 11.3 Å². The Balaban J connectivity index is 1.79. The van der Waals surface area contributed by atoms with Crippen LogP contribution in [0, 0.1) is 5.92 Å². The number of anilines is 1. The summed E-state index contributed by atoms with van der Waals surface area (Å²) < 4.78 is 11.6. The number of ether oxygens (including phenoxy) is 1. The second-order valence-corrected chi connectivity index (χ2v) is 9.83. The highest BCUT2D eigenvalue weighted by Crippen LogP contribution is 2.33. The minimum Gasteiger partial charge on any atom is -0.389 e. The number of aliphatic hydroxyl groups is 1. The van der Waals surface area contributed by atoms with Crippen molar-refractivity contribution in [1.29, 1.82) is 0 Å². The molecular weight excluding hydrogens is 410 g/mol. The first-order chi connectivity index (χ1) is 15.1. The van der Waals surface area contributed by atoms with Gasteiger partial charge in [0.25, 0.3) is 0 Å². The Morgan fingerprint density at radius 1 is 1.19 bits per heavy atom. The van der Waals surface area contributed by atoms with Crippen LogP contribution in [0.5, 0.6) is 0 Å². The highest BCUT2D eigenvalue weighted by Gasteiger charge is 2.26. The molecule has 1 atom stereocenters. The van der Waals surface area contributed by atoms with Crippen LogP contribution < -0.4 is 4.90 Å². The smallest absolute Gasteiger partial charge is 0.232 e. The van der Waals surface area contributed by atoms with Crippen LogP contribution in [0.2, 0.25) is 0 Å². The molecule has 1 aliphatic heterocycles. The first-order valence-electron chi connectivity index (χ1n) is 11.4. The normalized spacial score (nSPS) is 15.7. The molecule has 0 saturated carbocycles. The summed E-state index contributed by atoms with van der Waals surface area (Å²) in [7, 11) is 0. The minimum atomic E-state index is -0.514. The highest BCUT2D eigenvalue weighted by atomic mass is 32.2. The molecule has 1 aromatic carbocycles. The van der Waals surface area contributed by atoms with Crippen LogP contribution in [0.1, 0.15) is 32.8 Å². The number of rotatable bonds is 12. The number of thioether (sulfide) groups is 1. The Labute approximate surface area is 190 Å². The maximum absolute atomic E-state index is 10.6. The molecular formula is C24H37N3O3S. The van der Waals surface area contributed by atoms with Gasteiger partial charge >= 0.3 is 0 Å². The zero-order valence-electron chi connectivity index (χ0n) is 19.1. The summed E-state index contributed by atoms with van der Waals surface area (Å²) >= 11 is 1.98. The second kappa shape index (κ2) is 12.5. The van der Waals surface area contributed by atoms with Gasteiger partial charge < -0.3 is 19.3 Å². The maximum atomic E-state index is 10.6. The van der Waals surface area contributed by atoms with Crippen LogP contribution in [0.3, 0.4) is 0 Å². The van der Waals surface area contributed by atoms with Gasteiger partial charge in [-0.1, -0.05) is 56.3 Å². The summed E-state index contributed by atoms with van der Waals surface area (Å²) in [6, 6.07) is 10.2. The Morgan fingerprint density at radius 2 is 1.94 bits per heavy atom. The maximum Gasteiger partial charge on any atom is 0.232 e. The first kappa shape index (κ1) is 24.1. The molecule has 3 rings (SSSR count). The lowest BCUT2D eigenvalue weighted by Crippen LogP contribution is -2.37. The molecule has 7 heteroatoms. The summed E-state index contributed by atoms with van der Waals surface area (Å²) in [5.74, 6) is 3.55. The molecule has 1 aliphatic rings. The molecule has 172 valence electrons. The zero-order chi connectivity index (χ0) is 22.1. The number of hydrogen-bond donors (Lipinski definition) is 1. The van der Waals surface area contributed by atoms with E-state index in [0.717, 1.165) is 60.3 Å². The van der Waals surface area contributed by atoms with Gasteiger partial charge in [0.1, 0.15) is 5.69 Å². The van der Waals surface area contributed by atoms with Crippen molar-refractivity contribution in [3.05, 3.63) is 35.9 Å². The van der Waals surface area contributed by atoms with Gasteiger partial charge in [0.05, 0.1) is 18.3 Å². The molecule has 0 bridgehead atoms. The predicted molar refractivity (Wildman–Crippen MR) is 129 cm³/mol. The molecule has 31 heavy (non-hydrogen) atoms. The van der Waals surface area contributed by atoms with Gasteiger partial charge in [-0.2, -0.15) is 11.8 Å². The van der Waals surface area contributed by atoms with Crippen LogP contribution in [0.15, 0.2) is 34.9 Å². The number of aromatic nitrogens is 1. The van der Waals surface area contributed by atoms with E-state index < -0.39 is 6.10 Å². The van der Waals surface area contributed by atoms with Crippen molar-refractivity contribution >= 4 is 17.6 Å². The van der Waals surface area contributed by atoms with Crippen molar-refractivity contribution in [2.45, 2.75) is 39.8 Å². The van der Waals surface area contributed by atoms with Crippen molar-refractivity contribution in [2.75, 3.05) is 55.8 Å². The molecule has 0 radical (unpaired) electrons. The van der Waals surface area contributed by atoms with Gasteiger partial charge in [-0.15, -0.1) is 0 Å². The molecule has 2 heterocycles. The summed E-state index contributed by atoms with van der Waals surface area (Å²) in [4.78, 5) is 4.61. The lowest BCUT2D eigenvalue weighted by Gasteiger charge is -2.29. The molecule has 1 aromatic heterocycles. The molecule has 2 aromatic rings. The van der Waals surface area contributed by atoms with Crippen molar-refractivity contribution in [2.24, 2.45) is 5.92 Å². The van der Waals surface area contributed by atoms with Gasteiger partial charge in [-0.3, -0.25) is 4.90 Å². The lowest BCUT2D eigenvalue weighted by atomic mass is 10.1. The van der Waals surface area contributed by atoms with Crippen molar-refractivity contribution in [1.82, 2.24) is 10.1 Å². The third-order valence-electron chi connectivity index (χ3n) is 5.26. The van der Waals surface area contributed by atoms with Crippen LogP contribution >= 0.6 is 11.8 Å². The van der Waals surface area contributed by atoms with E-state index in [9.17, 15) is 5.11 Å². The average Bonchev–Trinajstić information content (AvgIpc) is 3.18. The van der Waals surface area contributed by atoms with Crippen LogP contribution in [0.25, 0.3) is 11.3 Å². The van der Waals surface area contributed by atoms with Crippen molar-refractivity contribution < 1.29 is 14.4 Å².